The van der Waals surface area contributed by atoms with Gasteiger partial charge < -0.3 is 24.1 Å². The zero-order valence-corrected chi connectivity index (χ0v) is 13.8. The minimum Gasteiger partial charge on any atom is -0.507 e. The summed E-state index contributed by atoms with van der Waals surface area (Å²) in [7, 11) is 2.84. The largest absolute Gasteiger partial charge is 0.507 e. The van der Waals surface area contributed by atoms with Crippen LogP contribution in [0, 0.1) is 6.92 Å². The molecule has 1 N–H and O–H groups in total. The topological polar surface area (TPSA) is 91.3 Å². The lowest BCUT2D eigenvalue weighted by Crippen LogP contribution is -2.23. The summed E-state index contributed by atoms with van der Waals surface area (Å²) < 4.78 is 21.3. The van der Waals surface area contributed by atoms with Crippen LogP contribution in [0.1, 0.15) is 37.4 Å². The van der Waals surface area contributed by atoms with Gasteiger partial charge >= 0.3 is 0 Å². The van der Waals surface area contributed by atoms with Gasteiger partial charge in [-0.05, 0) is 24.6 Å². The highest BCUT2D eigenvalue weighted by Crippen LogP contribution is 2.50. The Morgan fingerprint density at radius 3 is 2.36 bits per heavy atom. The van der Waals surface area contributed by atoms with Gasteiger partial charge in [-0.25, -0.2) is 0 Å². The highest BCUT2D eigenvalue weighted by Gasteiger charge is 2.41. The zero-order valence-electron chi connectivity index (χ0n) is 13.8. The van der Waals surface area contributed by atoms with Gasteiger partial charge in [-0.3, -0.25) is 9.59 Å². The van der Waals surface area contributed by atoms with Crippen LogP contribution in [0.15, 0.2) is 12.1 Å². The average molecular weight is 342 g/mol. The van der Waals surface area contributed by atoms with Gasteiger partial charge in [0.1, 0.15) is 11.5 Å². The number of ketones is 2. The number of carbonyl (C=O) groups excluding carboxylic acids is 2. The summed E-state index contributed by atoms with van der Waals surface area (Å²) in [6, 6.07) is 2.85. The summed E-state index contributed by atoms with van der Waals surface area (Å²) in [5.74, 6) is -0.274. The normalized spacial score (nSPS) is 14.2. The van der Waals surface area contributed by atoms with Crippen LogP contribution in [0.3, 0.4) is 0 Å². The number of carbonyl (C=O) groups is 2. The molecule has 1 aliphatic heterocycles. The summed E-state index contributed by atoms with van der Waals surface area (Å²) in [6.07, 6.45) is 0. The Morgan fingerprint density at radius 2 is 1.68 bits per heavy atom. The summed E-state index contributed by atoms with van der Waals surface area (Å²) in [4.78, 5) is 26.2. The molecule has 0 spiro atoms. The molecule has 0 saturated carbocycles. The van der Waals surface area contributed by atoms with Crippen molar-refractivity contribution in [2.24, 2.45) is 0 Å². The van der Waals surface area contributed by atoms with Gasteiger partial charge in [0.25, 0.3) is 0 Å². The molecule has 0 atom stereocenters. The van der Waals surface area contributed by atoms with E-state index in [1.165, 1.54) is 26.4 Å². The van der Waals surface area contributed by atoms with E-state index in [-0.39, 0.29) is 52.0 Å². The zero-order chi connectivity index (χ0) is 17.9. The van der Waals surface area contributed by atoms with Crippen LogP contribution in [0.4, 0.5) is 0 Å². The first kappa shape index (κ1) is 15.3. The number of methoxy groups -OCH3 is 2. The Labute approximate surface area is 142 Å². The van der Waals surface area contributed by atoms with Gasteiger partial charge in [-0.1, -0.05) is 0 Å². The highest BCUT2D eigenvalue weighted by molar-refractivity contribution is 6.31. The minimum atomic E-state index is -0.523. The summed E-state index contributed by atoms with van der Waals surface area (Å²) in [5.41, 5.74) is 0.686. The molecule has 0 unspecified atom stereocenters. The van der Waals surface area contributed by atoms with Crippen molar-refractivity contribution < 1.29 is 33.6 Å². The number of aryl methyl sites for hydroxylation is 1. The molecule has 128 valence electrons. The molecule has 1 heterocycles. The fourth-order valence-corrected chi connectivity index (χ4v) is 3.35. The molecule has 0 amide bonds. The van der Waals surface area contributed by atoms with E-state index in [1.807, 2.05) is 0 Å². The van der Waals surface area contributed by atoms with Crippen molar-refractivity contribution in [2.75, 3.05) is 21.0 Å². The molecule has 2 aromatic rings. The van der Waals surface area contributed by atoms with Crippen molar-refractivity contribution in [1.29, 1.82) is 0 Å². The van der Waals surface area contributed by atoms with E-state index in [9.17, 15) is 14.7 Å². The molecule has 2 aromatic carbocycles. The molecule has 4 rings (SSSR count). The van der Waals surface area contributed by atoms with Crippen molar-refractivity contribution >= 4 is 11.6 Å². The Hall–Kier alpha value is -3.22. The van der Waals surface area contributed by atoms with Crippen LogP contribution in [0.5, 0.6) is 28.7 Å². The average Bonchev–Trinajstić information content (AvgIpc) is 3.07. The number of rotatable bonds is 2. The maximum absolute atomic E-state index is 13.1. The second-order valence-corrected chi connectivity index (χ2v) is 5.72. The quantitative estimate of drug-likeness (QED) is 0.763. The van der Waals surface area contributed by atoms with E-state index < -0.39 is 11.6 Å². The summed E-state index contributed by atoms with van der Waals surface area (Å²) >= 11 is 0. The first-order chi connectivity index (χ1) is 12.0. The summed E-state index contributed by atoms with van der Waals surface area (Å²) in [6.45, 7) is 1.60. The number of phenols is 1. The van der Waals surface area contributed by atoms with Crippen LogP contribution in [-0.2, 0) is 0 Å². The molecule has 7 heteroatoms. The van der Waals surface area contributed by atoms with Gasteiger partial charge in [0.05, 0.1) is 30.9 Å². The van der Waals surface area contributed by atoms with Crippen molar-refractivity contribution in [2.45, 2.75) is 6.92 Å². The SMILES string of the molecule is COc1cc2c(c3c1OCO3)C(=O)c1c(O)cc(C)c(OC)c1C2=O. The molecule has 25 heavy (non-hydrogen) atoms. The first-order valence-corrected chi connectivity index (χ1v) is 7.50. The van der Waals surface area contributed by atoms with Crippen LogP contribution in [0.2, 0.25) is 0 Å². The fraction of sp³-hybridized carbons (Fsp3) is 0.222. The number of hydrogen-bond acceptors (Lipinski definition) is 7. The summed E-state index contributed by atoms with van der Waals surface area (Å²) in [5, 5.41) is 10.3. The monoisotopic (exact) mass is 342 g/mol. The predicted molar refractivity (Wildman–Crippen MR) is 85.4 cm³/mol. The molecule has 0 saturated heterocycles. The van der Waals surface area contributed by atoms with Gasteiger partial charge in [-0.2, -0.15) is 0 Å². The molecule has 7 nitrogen and oxygen atoms in total. The maximum Gasteiger partial charge on any atom is 0.231 e. The van der Waals surface area contributed by atoms with Crippen LogP contribution in [-0.4, -0.2) is 37.7 Å². The molecule has 0 fully saturated rings. The molecule has 1 aliphatic carbocycles. The first-order valence-electron chi connectivity index (χ1n) is 7.50. The van der Waals surface area contributed by atoms with Gasteiger partial charge in [0, 0.05) is 5.56 Å². The minimum absolute atomic E-state index is 0.0402. The maximum atomic E-state index is 13.1. The Bertz CT molecular complexity index is 959. The number of phenolic OH excluding ortho intramolecular Hbond substituents is 1. The van der Waals surface area contributed by atoms with E-state index in [1.54, 1.807) is 6.92 Å². The molecule has 0 bridgehead atoms. The van der Waals surface area contributed by atoms with Crippen LogP contribution >= 0.6 is 0 Å². The number of hydrogen-bond donors (Lipinski definition) is 1. The van der Waals surface area contributed by atoms with E-state index in [0.29, 0.717) is 11.3 Å². The van der Waals surface area contributed by atoms with Gasteiger partial charge in [0.2, 0.25) is 18.3 Å². The highest BCUT2D eigenvalue weighted by atomic mass is 16.7. The van der Waals surface area contributed by atoms with E-state index in [0.717, 1.165) is 0 Å². The third kappa shape index (κ3) is 1.86. The third-order valence-corrected chi connectivity index (χ3v) is 4.40. The molecular weight excluding hydrogens is 328 g/mol. The smallest absolute Gasteiger partial charge is 0.231 e. The number of benzene rings is 2. The molecule has 0 radical (unpaired) electrons. The lowest BCUT2D eigenvalue weighted by molar-refractivity contribution is 0.0970. The van der Waals surface area contributed by atoms with Crippen molar-refractivity contribution in [1.82, 2.24) is 0 Å². The van der Waals surface area contributed by atoms with E-state index in [4.69, 9.17) is 18.9 Å². The van der Waals surface area contributed by atoms with Crippen LogP contribution in [0.25, 0.3) is 0 Å². The predicted octanol–water partition coefficient (Wildman–Crippen LogP) is 2.22. The molecular formula is C18H14O7. The van der Waals surface area contributed by atoms with Crippen molar-refractivity contribution in [3.8, 4) is 28.7 Å². The van der Waals surface area contributed by atoms with Crippen LogP contribution < -0.4 is 18.9 Å². The Morgan fingerprint density at radius 1 is 0.960 bits per heavy atom. The van der Waals surface area contributed by atoms with Crippen molar-refractivity contribution in [3.05, 3.63) is 39.9 Å². The van der Waals surface area contributed by atoms with E-state index in [2.05, 4.69) is 0 Å². The standard InChI is InChI=1S/C18H14O7/c1-7-4-9(19)12-13(16(7)23-3)14(20)8-5-10(22-2)17-18(25-6-24-17)11(8)15(12)21/h4-5,19H,6H2,1-3H3. The lowest BCUT2D eigenvalue weighted by atomic mass is 9.81. The Balaban J connectivity index is 2.09. The lowest BCUT2D eigenvalue weighted by Gasteiger charge is -2.23. The second-order valence-electron chi connectivity index (χ2n) is 5.72. The number of fused-ring (bicyclic) bond motifs is 4. The van der Waals surface area contributed by atoms with Crippen molar-refractivity contribution in [3.63, 3.8) is 0 Å². The third-order valence-electron chi connectivity index (χ3n) is 4.40. The molecule has 0 aromatic heterocycles. The molecule has 2 aliphatic rings. The number of ether oxygens (including phenoxy) is 4. The van der Waals surface area contributed by atoms with Gasteiger partial charge in [0.15, 0.2) is 17.3 Å². The van der Waals surface area contributed by atoms with E-state index >= 15 is 0 Å². The van der Waals surface area contributed by atoms with Gasteiger partial charge in [-0.15, -0.1) is 0 Å². The second kappa shape index (κ2) is 5.14. The fourth-order valence-electron chi connectivity index (χ4n) is 3.35. The number of aromatic hydroxyl groups is 1. The Kier molecular flexibility index (Phi) is 3.15.